The summed E-state index contributed by atoms with van der Waals surface area (Å²) in [6.07, 6.45) is 3.17. The number of carbonyl (C=O) groups excluding carboxylic acids is 2. The number of nitrogens with zero attached hydrogens (tertiary/aromatic N) is 4. The second kappa shape index (κ2) is 10.6. The quantitative estimate of drug-likeness (QED) is 0.545. The van der Waals surface area contributed by atoms with Crippen LogP contribution in [-0.2, 0) is 17.6 Å². The van der Waals surface area contributed by atoms with Gasteiger partial charge in [0.2, 0.25) is 0 Å². The number of amides is 2. The number of hydrogen-bond acceptors (Lipinski definition) is 6. The van der Waals surface area contributed by atoms with Gasteiger partial charge in [-0.3, -0.25) is 19.7 Å². The maximum absolute atomic E-state index is 14.4. The molecule has 1 fully saturated rings. The first-order valence-corrected chi connectivity index (χ1v) is 12.9. The van der Waals surface area contributed by atoms with E-state index in [1.165, 1.54) is 11.0 Å². The highest BCUT2D eigenvalue weighted by Crippen LogP contribution is 2.38. The predicted molar refractivity (Wildman–Crippen MR) is 138 cm³/mol. The fraction of sp³-hybridized carbons (Fsp3) is 0.407. The minimum absolute atomic E-state index is 0.0821. The lowest BCUT2D eigenvalue weighted by Crippen LogP contribution is -2.60. The van der Waals surface area contributed by atoms with Crippen LogP contribution in [0.2, 0.25) is 5.02 Å². The second-order valence-corrected chi connectivity index (χ2v) is 9.90. The van der Waals surface area contributed by atoms with Gasteiger partial charge in [0.15, 0.2) is 0 Å². The van der Waals surface area contributed by atoms with Crippen LogP contribution in [0.25, 0.3) is 10.9 Å². The zero-order chi connectivity index (χ0) is 26.1. The third kappa shape index (κ3) is 4.98. The van der Waals surface area contributed by atoms with Gasteiger partial charge >= 0.3 is 6.09 Å². The number of fused-ring (bicyclic) bond motifs is 2. The Kier molecular flexibility index (Phi) is 7.26. The van der Waals surface area contributed by atoms with Gasteiger partial charge in [-0.05, 0) is 55.5 Å². The summed E-state index contributed by atoms with van der Waals surface area (Å²) in [6.45, 7) is 3.10. The maximum Gasteiger partial charge on any atom is 0.411 e. The van der Waals surface area contributed by atoms with Crippen LogP contribution >= 0.6 is 11.6 Å². The Morgan fingerprint density at radius 1 is 1.27 bits per heavy atom. The van der Waals surface area contributed by atoms with E-state index in [1.807, 2.05) is 13.0 Å². The molecule has 2 unspecified atom stereocenters. The van der Waals surface area contributed by atoms with Gasteiger partial charge in [0.05, 0.1) is 29.4 Å². The molecule has 10 heteroatoms. The number of aromatic nitrogens is 2. The molecule has 3 heterocycles. The number of pyridine rings is 2. The Morgan fingerprint density at radius 3 is 2.86 bits per heavy atom. The van der Waals surface area contributed by atoms with Crippen LogP contribution in [0.4, 0.5) is 9.18 Å². The lowest BCUT2D eigenvalue weighted by atomic mass is 9.84. The van der Waals surface area contributed by atoms with Crippen LogP contribution < -0.4 is 5.73 Å². The first kappa shape index (κ1) is 25.4. The molecule has 1 saturated heterocycles. The van der Waals surface area contributed by atoms with Crippen molar-refractivity contribution in [3.8, 4) is 0 Å². The Hall–Kier alpha value is -3.30. The molecule has 3 aromatic rings. The third-order valence-corrected chi connectivity index (χ3v) is 7.51. The smallest absolute Gasteiger partial charge is 0.411 e. The Labute approximate surface area is 219 Å². The van der Waals surface area contributed by atoms with E-state index in [1.54, 1.807) is 29.3 Å². The van der Waals surface area contributed by atoms with Gasteiger partial charge in [-0.1, -0.05) is 24.6 Å². The number of ether oxygens (including phenoxy) is 1. The van der Waals surface area contributed by atoms with Gasteiger partial charge in [0.25, 0.3) is 5.91 Å². The number of carbonyl (C=O) groups is 2. The fourth-order valence-corrected chi connectivity index (χ4v) is 5.49. The van der Waals surface area contributed by atoms with Crippen molar-refractivity contribution >= 4 is 34.5 Å². The Balaban J connectivity index is 1.36. The summed E-state index contributed by atoms with van der Waals surface area (Å²) in [5, 5.41) is 1.40. The van der Waals surface area contributed by atoms with Crippen molar-refractivity contribution in [2.75, 3.05) is 26.2 Å². The summed E-state index contributed by atoms with van der Waals surface area (Å²) < 4.78 is 19.5. The molecule has 0 saturated carbocycles. The van der Waals surface area contributed by atoms with Crippen molar-refractivity contribution in [1.29, 1.82) is 0 Å². The molecule has 0 bridgehead atoms. The SMILES string of the molecule is CCCOC(=O)N1CCN(C(=O)c2ccc3c(Cl)c4c(nc3c2)CC(c2ncccc2F)CC4)CC1N. The summed E-state index contributed by atoms with van der Waals surface area (Å²) in [5.74, 6) is -0.586. The molecule has 1 aromatic carbocycles. The average molecular weight is 526 g/mol. The van der Waals surface area contributed by atoms with Gasteiger partial charge in [-0.2, -0.15) is 0 Å². The lowest BCUT2D eigenvalue weighted by molar-refractivity contribution is 0.0390. The molecule has 2 amide bonds. The van der Waals surface area contributed by atoms with Crippen LogP contribution in [0.3, 0.4) is 0 Å². The highest BCUT2D eigenvalue weighted by Gasteiger charge is 2.32. The topological polar surface area (TPSA) is 102 Å². The van der Waals surface area contributed by atoms with Crippen molar-refractivity contribution in [3.05, 3.63) is 69.9 Å². The number of nitrogens with two attached hydrogens (primary N) is 1. The van der Waals surface area contributed by atoms with E-state index in [2.05, 4.69) is 4.98 Å². The summed E-state index contributed by atoms with van der Waals surface area (Å²) in [5.41, 5.74) is 9.49. The molecule has 1 aliphatic heterocycles. The third-order valence-electron chi connectivity index (χ3n) is 7.08. The van der Waals surface area contributed by atoms with E-state index >= 15 is 0 Å². The molecule has 194 valence electrons. The molecule has 0 spiro atoms. The molecule has 0 radical (unpaired) electrons. The van der Waals surface area contributed by atoms with E-state index in [0.717, 1.165) is 29.5 Å². The standard InChI is InChI=1S/C27H29ClFN5O3/c1-2-12-37-27(36)34-11-10-33(15-23(34)30)26(35)17-6-8-19-22(14-17)32-21-13-16(5-7-18(21)24(19)28)25-20(29)4-3-9-31-25/h3-4,6,8-9,14,16,23H,2,5,7,10-13,15,30H2,1H3. The fourth-order valence-electron chi connectivity index (χ4n) is 5.13. The predicted octanol–water partition coefficient (Wildman–Crippen LogP) is 4.28. The first-order chi connectivity index (χ1) is 17.9. The summed E-state index contributed by atoms with van der Waals surface area (Å²) in [6, 6.07) is 8.31. The van der Waals surface area contributed by atoms with E-state index in [4.69, 9.17) is 27.1 Å². The molecule has 1 aliphatic carbocycles. The van der Waals surface area contributed by atoms with Gasteiger partial charge in [-0.15, -0.1) is 0 Å². The second-order valence-electron chi connectivity index (χ2n) is 9.52. The number of hydrogen-bond donors (Lipinski definition) is 1. The van der Waals surface area contributed by atoms with E-state index in [0.29, 0.717) is 54.3 Å². The monoisotopic (exact) mass is 525 g/mol. The normalized spacial score (nSPS) is 19.6. The molecule has 2 aromatic heterocycles. The minimum atomic E-state index is -0.647. The zero-order valence-corrected chi connectivity index (χ0v) is 21.4. The maximum atomic E-state index is 14.4. The average Bonchev–Trinajstić information content (AvgIpc) is 2.91. The van der Waals surface area contributed by atoms with Crippen molar-refractivity contribution in [2.24, 2.45) is 5.73 Å². The van der Waals surface area contributed by atoms with Crippen LogP contribution in [-0.4, -0.2) is 64.2 Å². The zero-order valence-electron chi connectivity index (χ0n) is 20.6. The summed E-state index contributed by atoms with van der Waals surface area (Å²) >= 11 is 6.78. The van der Waals surface area contributed by atoms with Crippen LogP contribution in [0, 0.1) is 5.82 Å². The lowest BCUT2D eigenvalue weighted by Gasteiger charge is -2.38. The van der Waals surface area contributed by atoms with Crippen molar-refractivity contribution in [2.45, 2.75) is 44.7 Å². The largest absolute Gasteiger partial charge is 0.449 e. The molecular formula is C27H29ClFN5O3. The van der Waals surface area contributed by atoms with Gasteiger partial charge in [-0.25, -0.2) is 9.18 Å². The molecular weight excluding hydrogens is 497 g/mol. The molecule has 2 aliphatic rings. The molecule has 5 rings (SSSR count). The first-order valence-electron chi connectivity index (χ1n) is 12.6. The number of rotatable bonds is 4. The number of halogens is 2. The van der Waals surface area contributed by atoms with Crippen LogP contribution in [0.5, 0.6) is 0 Å². The summed E-state index contributed by atoms with van der Waals surface area (Å²) in [7, 11) is 0. The molecule has 8 nitrogen and oxygen atoms in total. The van der Waals surface area contributed by atoms with Gasteiger partial charge in [0.1, 0.15) is 12.0 Å². The van der Waals surface area contributed by atoms with Crippen LogP contribution in [0.15, 0.2) is 36.5 Å². The van der Waals surface area contributed by atoms with Gasteiger partial charge < -0.3 is 15.4 Å². The minimum Gasteiger partial charge on any atom is -0.449 e. The molecule has 2 N–H and O–H groups in total. The highest BCUT2D eigenvalue weighted by atomic mass is 35.5. The molecule has 37 heavy (non-hydrogen) atoms. The van der Waals surface area contributed by atoms with Crippen LogP contribution in [0.1, 0.15) is 53.0 Å². The summed E-state index contributed by atoms with van der Waals surface area (Å²) in [4.78, 5) is 37.7. The van der Waals surface area contributed by atoms with Crippen molar-refractivity contribution in [3.63, 3.8) is 0 Å². The van der Waals surface area contributed by atoms with Gasteiger partial charge in [0, 0.05) is 41.8 Å². The van der Waals surface area contributed by atoms with Crippen molar-refractivity contribution in [1.82, 2.24) is 19.8 Å². The van der Waals surface area contributed by atoms with E-state index in [-0.39, 0.29) is 24.2 Å². The number of benzene rings is 1. The van der Waals surface area contributed by atoms with E-state index in [9.17, 15) is 14.0 Å². The Morgan fingerprint density at radius 2 is 2.11 bits per heavy atom. The number of piperazine rings is 1. The van der Waals surface area contributed by atoms with E-state index < -0.39 is 12.3 Å². The highest BCUT2D eigenvalue weighted by molar-refractivity contribution is 6.36. The Bertz CT molecular complexity index is 1350. The van der Waals surface area contributed by atoms with Crippen molar-refractivity contribution < 1.29 is 18.7 Å². The molecule has 2 atom stereocenters.